The summed E-state index contributed by atoms with van der Waals surface area (Å²) in [5.41, 5.74) is -0.532. The first-order chi connectivity index (χ1) is 15.4. The van der Waals surface area contributed by atoms with E-state index in [0.717, 1.165) is 22.7 Å². The molecule has 1 aromatic carbocycles. The van der Waals surface area contributed by atoms with E-state index in [4.69, 9.17) is 26.4 Å². The number of hydrogen-bond acceptors (Lipinski definition) is 7. The zero-order valence-electron chi connectivity index (χ0n) is 18.2. The van der Waals surface area contributed by atoms with Crippen LogP contribution in [0.3, 0.4) is 0 Å². The largest absolute Gasteiger partial charge is 0.378 e. The number of halogens is 1. The molecule has 1 N–H and O–H groups in total. The van der Waals surface area contributed by atoms with Gasteiger partial charge in [0.2, 0.25) is 14.8 Å². The molecule has 11 heteroatoms. The fourth-order valence-electron chi connectivity index (χ4n) is 4.13. The Labute approximate surface area is 198 Å². The number of rotatable bonds is 7. The summed E-state index contributed by atoms with van der Waals surface area (Å²) >= 11 is 8.26. The maximum atomic E-state index is 12.6. The van der Waals surface area contributed by atoms with E-state index in [0.29, 0.717) is 25.8 Å². The number of aromatic nitrogens is 2. The normalized spacial score (nSPS) is 22.8. The lowest BCUT2D eigenvalue weighted by molar-refractivity contribution is -0.0150. The minimum atomic E-state index is -3.62. The van der Waals surface area contributed by atoms with Crippen LogP contribution in [0.15, 0.2) is 40.2 Å². The first-order valence-electron chi connectivity index (χ1n) is 11.0. The summed E-state index contributed by atoms with van der Waals surface area (Å²) in [7, 11) is -1.70. The molecule has 1 saturated heterocycles. The fraction of sp³-hybridized carbons (Fsp3) is 0.619. The Balaban J connectivity index is 1.47. The third kappa shape index (κ3) is 5.78. The Morgan fingerprint density at radius 1 is 1.28 bits per heavy atom. The highest BCUT2D eigenvalue weighted by atomic mass is 35.5. The van der Waals surface area contributed by atoms with E-state index in [9.17, 15) is 8.42 Å². The second-order valence-corrected chi connectivity index (χ2v) is 11.5. The summed E-state index contributed by atoms with van der Waals surface area (Å²) < 4.78 is 35.3. The lowest BCUT2D eigenvalue weighted by Crippen LogP contribution is -2.48. The van der Waals surface area contributed by atoms with Crippen molar-refractivity contribution in [3.63, 3.8) is 0 Å². The van der Waals surface area contributed by atoms with Crippen LogP contribution in [0.25, 0.3) is 0 Å². The van der Waals surface area contributed by atoms with E-state index >= 15 is 0 Å². The number of sulfonamides is 1. The summed E-state index contributed by atoms with van der Waals surface area (Å²) in [6.45, 7) is 1.70. The molecule has 1 aliphatic heterocycles. The Morgan fingerprint density at radius 2 is 2.03 bits per heavy atom. The minimum Gasteiger partial charge on any atom is -0.378 e. The van der Waals surface area contributed by atoms with Gasteiger partial charge in [0.1, 0.15) is 5.01 Å². The molecule has 0 bridgehead atoms. The van der Waals surface area contributed by atoms with Gasteiger partial charge < -0.3 is 4.74 Å². The van der Waals surface area contributed by atoms with E-state index in [1.165, 1.54) is 19.3 Å². The highest BCUT2D eigenvalue weighted by molar-refractivity contribution is 7.89. The average molecular weight is 500 g/mol. The number of alkyl halides is 1. The average Bonchev–Trinajstić information content (AvgIpc) is 3.18. The number of ether oxygens (including phenoxy) is 1. The predicted molar refractivity (Wildman–Crippen MR) is 125 cm³/mol. The molecule has 1 saturated carbocycles. The number of aryl methyl sites for hydroxylation is 1. The van der Waals surface area contributed by atoms with Gasteiger partial charge in [0, 0.05) is 20.1 Å². The lowest BCUT2D eigenvalue weighted by Gasteiger charge is -2.37. The lowest BCUT2D eigenvalue weighted by atomic mass is 9.96. The third-order valence-electron chi connectivity index (χ3n) is 5.90. The Hall–Kier alpha value is -1.30. The summed E-state index contributed by atoms with van der Waals surface area (Å²) in [5, 5.41) is 5.60. The second-order valence-electron chi connectivity index (χ2n) is 8.20. The van der Waals surface area contributed by atoms with Gasteiger partial charge >= 0.3 is 0 Å². The number of nitrogens with one attached hydrogen (secondary N) is 1. The van der Waals surface area contributed by atoms with Crippen LogP contribution in [0.2, 0.25) is 0 Å². The van der Waals surface area contributed by atoms with Gasteiger partial charge in [-0.1, -0.05) is 48.8 Å². The Morgan fingerprint density at radius 3 is 2.78 bits per heavy atom. The summed E-state index contributed by atoms with van der Waals surface area (Å²) in [6, 6.07) is 8.54. The summed E-state index contributed by atoms with van der Waals surface area (Å²) in [6.07, 6.45) is 6.04. The summed E-state index contributed by atoms with van der Waals surface area (Å²) in [4.78, 5) is 8.13. The highest BCUT2D eigenvalue weighted by Crippen LogP contribution is 2.28. The van der Waals surface area contributed by atoms with Crippen LogP contribution in [0, 0.1) is 0 Å². The molecule has 2 aliphatic rings. The predicted octanol–water partition coefficient (Wildman–Crippen LogP) is 2.63. The van der Waals surface area contributed by atoms with Gasteiger partial charge in [-0.3, -0.25) is 9.89 Å². The maximum absolute atomic E-state index is 12.6. The van der Waals surface area contributed by atoms with Gasteiger partial charge in [-0.2, -0.15) is 5.10 Å². The van der Waals surface area contributed by atoms with Crippen molar-refractivity contribution in [2.24, 2.45) is 12.0 Å². The van der Waals surface area contributed by atoms with Crippen molar-refractivity contribution in [2.75, 3.05) is 26.3 Å². The van der Waals surface area contributed by atoms with Crippen molar-refractivity contribution in [1.82, 2.24) is 19.4 Å². The Bertz CT molecular complexity index is 1050. The number of nitrogens with zero attached hydrogens (tertiary/aromatic N) is 4. The third-order valence-corrected chi connectivity index (χ3v) is 8.86. The number of hydrogen-bond donors (Lipinski definition) is 1. The van der Waals surface area contributed by atoms with Gasteiger partial charge in [-0.15, -0.1) is 11.6 Å². The van der Waals surface area contributed by atoms with Gasteiger partial charge in [-0.05, 0) is 25.0 Å². The molecular formula is C21H30ClN5O3S2. The molecule has 1 aromatic heterocycles. The van der Waals surface area contributed by atoms with E-state index < -0.39 is 15.5 Å². The first-order valence-corrected chi connectivity index (χ1v) is 13.8. The van der Waals surface area contributed by atoms with Gasteiger partial charge in [-0.25, -0.2) is 17.8 Å². The molecule has 0 amide bonds. The van der Waals surface area contributed by atoms with E-state index in [2.05, 4.69) is 9.62 Å². The van der Waals surface area contributed by atoms with Gasteiger partial charge in [0.05, 0.1) is 35.7 Å². The molecule has 2 unspecified atom stereocenters. The van der Waals surface area contributed by atoms with Crippen LogP contribution >= 0.6 is 22.9 Å². The summed E-state index contributed by atoms with van der Waals surface area (Å²) in [5.74, 6) is 0. The van der Waals surface area contributed by atoms with Crippen molar-refractivity contribution >= 4 is 33.0 Å². The monoisotopic (exact) mass is 499 g/mol. The zero-order valence-corrected chi connectivity index (χ0v) is 20.6. The zero-order chi connectivity index (χ0) is 22.6. The molecule has 8 nitrogen and oxygen atoms in total. The van der Waals surface area contributed by atoms with Crippen LogP contribution in [0.4, 0.5) is 0 Å². The van der Waals surface area contributed by atoms with Gasteiger partial charge in [0.15, 0.2) is 0 Å². The molecule has 2 fully saturated rings. The highest BCUT2D eigenvalue weighted by Gasteiger charge is 2.33. The van der Waals surface area contributed by atoms with Crippen molar-refractivity contribution in [3.8, 4) is 0 Å². The molecule has 0 spiro atoms. The number of benzene rings is 1. The topological polar surface area (TPSA) is 88.8 Å². The van der Waals surface area contributed by atoms with Crippen molar-refractivity contribution in [2.45, 2.75) is 54.6 Å². The van der Waals surface area contributed by atoms with Crippen LogP contribution in [0.1, 0.15) is 43.2 Å². The molecule has 0 radical (unpaired) electrons. The molecule has 2 aromatic rings. The SMILES string of the molecule is Cn1nc(C2COCCN2C(Cl)CNS(=O)(=O)c2ccccc2)sc1=NC1CCCCC1. The van der Waals surface area contributed by atoms with Crippen LogP contribution < -0.4 is 9.52 Å². The second kappa shape index (κ2) is 10.8. The smallest absolute Gasteiger partial charge is 0.240 e. The number of morpholine rings is 1. The van der Waals surface area contributed by atoms with Crippen molar-refractivity contribution < 1.29 is 13.2 Å². The molecule has 176 valence electrons. The van der Waals surface area contributed by atoms with Crippen LogP contribution in [0.5, 0.6) is 0 Å². The molecule has 1 aliphatic carbocycles. The van der Waals surface area contributed by atoms with Gasteiger partial charge in [0.25, 0.3) is 0 Å². The fourth-order valence-corrected chi connectivity index (χ4v) is 6.65. The molecular weight excluding hydrogens is 470 g/mol. The standard InChI is InChI=1S/C21H30ClN5O3S2/c1-26-21(24-16-8-4-2-5-9-16)31-20(25-26)18-15-30-13-12-27(18)19(22)14-23-32(28,29)17-10-6-3-7-11-17/h3,6-7,10-11,16,18-19,23H,2,4-5,8-9,12-15H2,1H3. The minimum absolute atomic E-state index is 0.0894. The van der Waals surface area contributed by atoms with E-state index in [1.54, 1.807) is 41.7 Å². The Kier molecular flexibility index (Phi) is 8.01. The molecule has 2 atom stereocenters. The first kappa shape index (κ1) is 23.8. The quantitative estimate of drug-likeness (QED) is 0.467. The van der Waals surface area contributed by atoms with E-state index in [-0.39, 0.29) is 17.5 Å². The molecule has 32 heavy (non-hydrogen) atoms. The van der Waals surface area contributed by atoms with Crippen LogP contribution in [-0.2, 0) is 21.8 Å². The molecule has 2 heterocycles. The van der Waals surface area contributed by atoms with Crippen LogP contribution in [-0.4, -0.2) is 60.9 Å². The van der Waals surface area contributed by atoms with E-state index in [1.807, 2.05) is 11.7 Å². The van der Waals surface area contributed by atoms with Crippen molar-refractivity contribution in [1.29, 1.82) is 0 Å². The molecule has 4 rings (SSSR count). The maximum Gasteiger partial charge on any atom is 0.240 e. The van der Waals surface area contributed by atoms with Crippen molar-refractivity contribution in [3.05, 3.63) is 40.1 Å².